The fraction of sp³-hybridized carbons (Fsp3) is 0. The van der Waals surface area contributed by atoms with Gasteiger partial charge in [-0.25, -0.2) is 4.79 Å². The van der Waals surface area contributed by atoms with Crippen molar-refractivity contribution in [1.82, 2.24) is 0 Å². The third-order valence-corrected chi connectivity index (χ3v) is 2.46. The molecular weight excluding hydrogens is 196 g/mol. The Morgan fingerprint density at radius 2 is 1.80 bits per heavy atom. The minimum absolute atomic E-state index is 0.112. The van der Waals surface area contributed by atoms with Gasteiger partial charge in [0.25, 0.3) is 5.43 Å². The highest BCUT2D eigenvalue weighted by Gasteiger charge is 2.26. The lowest BCUT2D eigenvalue weighted by Crippen LogP contribution is -2.18. The first kappa shape index (κ1) is 8.11. The summed E-state index contributed by atoms with van der Waals surface area (Å²) in [4.78, 5) is 33.9. The molecule has 0 atom stereocenters. The van der Waals surface area contributed by atoms with Gasteiger partial charge in [0, 0.05) is 5.56 Å². The van der Waals surface area contributed by atoms with E-state index in [9.17, 15) is 14.4 Å². The Balaban J connectivity index is 2.69. The zero-order valence-corrected chi connectivity index (χ0v) is 7.44. The Bertz CT molecular complexity index is 727. The Morgan fingerprint density at radius 3 is 2.60 bits per heavy atom. The molecule has 0 saturated heterocycles. The summed E-state index contributed by atoms with van der Waals surface area (Å²) in [6.07, 6.45) is 0. The summed E-state index contributed by atoms with van der Waals surface area (Å²) in [6, 6.07) is 6.20. The van der Waals surface area contributed by atoms with Crippen LogP contribution in [0.3, 0.4) is 0 Å². The Kier molecular flexibility index (Phi) is 1.31. The molecule has 4 heteroatoms. The van der Waals surface area contributed by atoms with Gasteiger partial charge in [-0.3, -0.25) is 9.59 Å². The molecule has 1 heterocycles. The lowest BCUT2D eigenvalue weighted by molar-refractivity contribution is 0.543. The average molecular weight is 200 g/mol. The Morgan fingerprint density at radius 1 is 1.00 bits per heavy atom. The van der Waals surface area contributed by atoms with Crippen LogP contribution in [0.2, 0.25) is 0 Å². The summed E-state index contributed by atoms with van der Waals surface area (Å²) in [5.74, 6) is 0.198. The van der Waals surface area contributed by atoms with Gasteiger partial charge in [0.05, 0.1) is 5.56 Å². The third kappa shape index (κ3) is 0.878. The first-order valence-electron chi connectivity index (χ1n) is 4.34. The highest BCUT2D eigenvalue weighted by atomic mass is 16.4. The molecule has 72 valence electrons. The highest BCUT2D eigenvalue weighted by Crippen LogP contribution is 2.33. The number of hydrogen-bond donors (Lipinski definition) is 0. The van der Waals surface area contributed by atoms with Crippen LogP contribution in [0.1, 0.15) is 0 Å². The van der Waals surface area contributed by atoms with Crippen LogP contribution in [-0.2, 0) is 0 Å². The predicted molar refractivity (Wildman–Crippen MR) is 53.1 cm³/mol. The molecular formula is C11H4O4. The molecule has 0 bridgehead atoms. The van der Waals surface area contributed by atoms with E-state index in [4.69, 9.17) is 4.42 Å². The number of hydrogen-bond acceptors (Lipinski definition) is 4. The third-order valence-electron chi connectivity index (χ3n) is 2.46. The average Bonchev–Trinajstić information content (AvgIpc) is 2.66. The van der Waals surface area contributed by atoms with E-state index in [1.54, 1.807) is 12.1 Å². The van der Waals surface area contributed by atoms with E-state index in [2.05, 4.69) is 0 Å². The SMILES string of the molecule is O=c1cccc2cc3oc(=O)c(=O)c-3c1-2. The van der Waals surface area contributed by atoms with E-state index in [0.29, 0.717) is 5.56 Å². The lowest BCUT2D eigenvalue weighted by atomic mass is 10.1. The van der Waals surface area contributed by atoms with Crippen molar-refractivity contribution in [2.75, 3.05) is 0 Å². The normalized spacial score (nSPS) is 11.5. The molecule has 0 amide bonds. The largest absolute Gasteiger partial charge is 0.420 e. The molecule has 0 aromatic carbocycles. The van der Waals surface area contributed by atoms with Crippen LogP contribution in [-0.4, -0.2) is 0 Å². The zero-order chi connectivity index (χ0) is 10.6. The van der Waals surface area contributed by atoms with Crippen molar-refractivity contribution in [3.05, 3.63) is 55.1 Å². The van der Waals surface area contributed by atoms with E-state index in [1.165, 1.54) is 12.1 Å². The highest BCUT2D eigenvalue weighted by molar-refractivity contribution is 5.87. The van der Waals surface area contributed by atoms with Crippen molar-refractivity contribution in [2.45, 2.75) is 0 Å². The molecule has 0 unspecified atom stereocenters. The van der Waals surface area contributed by atoms with E-state index >= 15 is 0 Å². The minimum Gasteiger partial charge on any atom is -0.420 e. The van der Waals surface area contributed by atoms with Crippen LogP contribution in [0, 0.1) is 0 Å². The van der Waals surface area contributed by atoms with Crippen LogP contribution in [0.25, 0.3) is 22.5 Å². The van der Waals surface area contributed by atoms with E-state index in [-0.39, 0.29) is 22.3 Å². The fourth-order valence-electron chi connectivity index (χ4n) is 1.83. The molecule has 3 rings (SSSR count). The van der Waals surface area contributed by atoms with E-state index in [0.717, 1.165) is 0 Å². The summed E-state index contributed by atoms with van der Waals surface area (Å²) in [6.45, 7) is 0. The van der Waals surface area contributed by atoms with Gasteiger partial charge in [-0.1, -0.05) is 12.1 Å². The maximum Gasteiger partial charge on any atom is 0.385 e. The minimum atomic E-state index is -0.912. The molecule has 0 aromatic rings. The van der Waals surface area contributed by atoms with E-state index < -0.39 is 11.1 Å². The zero-order valence-electron chi connectivity index (χ0n) is 7.44. The van der Waals surface area contributed by atoms with Gasteiger partial charge in [0.1, 0.15) is 5.76 Å². The van der Waals surface area contributed by atoms with Crippen LogP contribution < -0.4 is 16.5 Å². The monoisotopic (exact) mass is 200 g/mol. The van der Waals surface area contributed by atoms with Gasteiger partial charge in [0.2, 0.25) is 0 Å². The number of fused-ring (bicyclic) bond motifs is 3. The van der Waals surface area contributed by atoms with Crippen molar-refractivity contribution >= 4 is 0 Å². The molecule has 0 fully saturated rings. The first-order valence-corrected chi connectivity index (χ1v) is 4.34. The molecule has 15 heavy (non-hydrogen) atoms. The van der Waals surface area contributed by atoms with Crippen LogP contribution in [0.15, 0.2) is 43.1 Å². The summed E-state index contributed by atoms with van der Waals surface area (Å²) in [7, 11) is 0. The van der Waals surface area contributed by atoms with Gasteiger partial charge in [-0.15, -0.1) is 0 Å². The number of furan rings is 1. The summed E-state index contributed by atoms with van der Waals surface area (Å²) < 4.78 is 4.73. The molecule has 2 aliphatic carbocycles. The molecule has 3 aliphatic rings. The van der Waals surface area contributed by atoms with Crippen LogP contribution in [0.5, 0.6) is 0 Å². The smallest absolute Gasteiger partial charge is 0.385 e. The molecule has 0 N–H and O–H groups in total. The summed E-state index contributed by atoms with van der Waals surface area (Å²) >= 11 is 0. The number of benzene rings is 1. The molecule has 0 spiro atoms. The van der Waals surface area contributed by atoms with Gasteiger partial charge >= 0.3 is 5.63 Å². The van der Waals surface area contributed by atoms with Crippen molar-refractivity contribution in [3.8, 4) is 22.5 Å². The summed E-state index contributed by atoms with van der Waals surface area (Å²) in [5.41, 5.74) is -0.883. The second kappa shape index (κ2) is 2.42. The second-order valence-electron chi connectivity index (χ2n) is 3.32. The first-order chi connectivity index (χ1) is 7.18. The van der Waals surface area contributed by atoms with Crippen molar-refractivity contribution in [1.29, 1.82) is 0 Å². The predicted octanol–water partition coefficient (Wildman–Crippen LogP) is 0.445. The Labute approximate surface area is 82.8 Å². The van der Waals surface area contributed by atoms with Gasteiger partial charge < -0.3 is 4.42 Å². The molecule has 0 radical (unpaired) electrons. The molecule has 1 aliphatic heterocycles. The van der Waals surface area contributed by atoms with Gasteiger partial charge in [0.15, 0.2) is 5.43 Å². The lowest BCUT2D eigenvalue weighted by Gasteiger charge is -1.93. The van der Waals surface area contributed by atoms with E-state index in [1.807, 2.05) is 0 Å². The Hall–Kier alpha value is -2.23. The van der Waals surface area contributed by atoms with Crippen molar-refractivity contribution in [3.63, 3.8) is 0 Å². The summed E-state index contributed by atoms with van der Waals surface area (Å²) in [5, 5.41) is 0. The van der Waals surface area contributed by atoms with Gasteiger partial charge in [-0.2, -0.15) is 0 Å². The second-order valence-corrected chi connectivity index (χ2v) is 3.32. The molecule has 0 saturated carbocycles. The quantitative estimate of drug-likeness (QED) is 0.494. The van der Waals surface area contributed by atoms with Crippen molar-refractivity contribution < 1.29 is 4.42 Å². The van der Waals surface area contributed by atoms with Crippen molar-refractivity contribution in [2.24, 2.45) is 0 Å². The molecule has 4 nitrogen and oxygen atoms in total. The molecule has 0 aromatic heterocycles. The van der Waals surface area contributed by atoms with Crippen LogP contribution in [0.4, 0.5) is 0 Å². The number of rotatable bonds is 0. The standard InChI is InChI=1S/C11H4O4/c12-6-3-1-2-5-4-7-9(8(5)6)10(13)11(14)15-7/h1-4H. The fourth-order valence-corrected chi connectivity index (χ4v) is 1.83. The van der Waals surface area contributed by atoms with Crippen LogP contribution >= 0.6 is 0 Å². The topological polar surface area (TPSA) is 64.3 Å². The maximum absolute atomic E-state index is 11.5. The van der Waals surface area contributed by atoms with Gasteiger partial charge in [-0.05, 0) is 17.7 Å². The maximum atomic E-state index is 11.5.